The van der Waals surface area contributed by atoms with Crippen molar-refractivity contribution < 1.29 is 0 Å². The summed E-state index contributed by atoms with van der Waals surface area (Å²) in [5.74, 6) is 0. The minimum absolute atomic E-state index is 0.641. The van der Waals surface area contributed by atoms with Crippen molar-refractivity contribution in [1.29, 1.82) is 0 Å². The van der Waals surface area contributed by atoms with Crippen LogP contribution >= 0.6 is 50.5 Å². The van der Waals surface area contributed by atoms with Gasteiger partial charge in [0, 0.05) is 6.54 Å². The summed E-state index contributed by atoms with van der Waals surface area (Å²) in [6.45, 7) is 0.714. The first kappa shape index (κ1) is 12.2. The molecule has 0 aliphatic rings. The van der Waals surface area contributed by atoms with Gasteiger partial charge in [0.15, 0.2) is 0 Å². The minimum Gasteiger partial charge on any atom is -0.379 e. The summed E-state index contributed by atoms with van der Waals surface area (Å²) in [7, 11) is 0. The van der Waals surface area contributed by atoms with Crippen molar-refractivity contribution in [2.45, 2.75) is 6.54 Å². The molecule has 0 saturated carbocycles. The summed E-state index contributed by atoms with van der Waals surface area (Å²) >= 11 is 17.2. The van der Waals surface area contributed by atoms with Crippen LogP contribution in [0.1, 0.15) is 5.56 Å². The highest BCUT2D eigenvalue weighted by molar-refractivity contribution is 9.11. The second kappa shape index (κ2) is 5.41. The molecule has 0 bridgehead atoms. The van der Waals surface area contributed by atoms with E-state index >= 15 is 0 Å². The summed E-state index contributed by atoms with van der Waals surface area (Å²) in [5.41, 5.74) is 1.99. The number of nitrogens with one attached hydrogen (secondary N) is 1. The lowest BCUT2D eigenvalue weighted by Crippen LogP contribution is -1.99. The van der Waals surface area contributed by atoms with Gasteiger partial charge in [-0.15, -0.1) is 11.3 Å². The molecule has 0 fully saturated rings. The first-order chi connectivity index (χ1) is 7.66. The molecule has 0 aliphatic carbocycles. The summed E-state index contributed by atoms with van der Waals surface area (Å²) in [4.78, 5) is 0. The van der Waals surface area contributed by atoms with E-state index in [1.807, 2.05) is 18.2 Å². The molecule has 84 valence electrons. The largest absolute Gasteiger partial charge is 0.379 e. The highest BCUT2D eigenvalue weighted by atomic mass is 79.9. The summed E-state index contributed by atoms with van der Waals surface area (Å²) in [6, 6.07) is 7.54. The summed E-state index contributed by atoms with van der Waals surface area (Å²) < 4.78 is 1.12. The Balaban J connectivity index is 2.10. The van der Waals surface area contributed by atoms with E-state index in [-0.39, 0.29) is 0 Å². The minimum atomic E-state index is 0.641. The molecule has 1 heterocycles. The number of hydrogen-bond donors (Lipinski definition) is 1. The molecule has 2 rings (SSSR count). The number of anilines is 1. The molecule has 2 aromatic rings. The molecule has 0 atom stereocenters. The van der Waals surface area contributed by atoms with Crippen LogP contribution in [0.2, 0.25) is 10.0 Å². The van der Waals surface area contributed by atoms with E-state index in [4.69, 9.17) is 23.2 Å². The van der Waals surface area contributed by atoms with E-state index in [1.165, 1.54) is 5.56 Å². The van der Waals surface area contributed by atoms with E-state index in [2.05, 4.69) is 32.7 Å². The maximum atomic E-state index is 6.05. The molecular formula is C11H8BrCl2NS. The molecule has 1 aromatic carbocycles. The highest BCUT2D eigenvalue weighted by Gasteiger charge is 2.05. The fraction of sp³-hybridized carbons (Fsp3) is 0.0909. The second-order valence-corrected chi connectivity index (χ2v) is 6.31. The van der Waals surface area contributed by atoms with E-state index in [0.717, 1.165) is 9.47 Å². The molecule has 0 spiro atoms. The van der Waals surface area contributed by atoms with Crippen molar-refractivity contribution in [2.24, 2.45) is 0 Å². The lowest BCUT2D eigenvalue weighted by Gasteiger charge is -2.08. The van der Waals surface area contributed by atoms with E-state index in [9.17, 15) is 0 Å². The molecule has 1 N–H and O–H groups in total. The normalized spacial score (nSPS) is 10.4. The van der Waals surface area contributed by atoms with Crippen LogP contribution in [0.4, 0.5) is 5.69 Å². The Morgan fingerprint density at radius 1 is 1.25 bits per heavy atom. The lowest BCUT2D eigenvalue weighted by atomic mass is 10.3. The van der Waals surface area contributed by atoms with Gasteiger partial charge in [-0.3, -0.25) is 0 Å². The standard InChI is InChI=1S/C11H8BrCl2NS/c12-10-4-7(6-16-10)5-15-11-8(13)2-1-3-9(11)14/h1-4,6,15H,5H2. The first-order valence-electron chi connectivity index (χ1n) is 4.57. The quantitative estimate of drug-likeness (QED) is 0.788. The molecule has 1 aromatic heterocycles. The number of rotatable bonds is 3. The monoisotopic (exact) mass is 335 g/mol. The Hall–Kier alpha value is -0.220. The molecule has 0 saturated heterocycles. The number of halogens is 3. The number of hydrogen-bond acceptors (Lipinski definition) is 2. The van der Waals surface area contributed by atoms with E-state index < -0.39 is 0 Å². The van der Waals surface area contributed by atoms with Gasteiger partial charge in [-0.25, -0.2) is 0 Å². The zero-order valence-electron chi connectivity index (χ0n) is 8.14. The van der Waals surface area contributed by atoms with Gasteiger partial charge in [0.05, 0.1) is 19.5 Å². The number of para-hydroxylation sites is 1. The lowest BCUT2D eigenvalue weighted by molar-refractivity contribution is 1.16. The molecule has 0 amide bonds. The third kappa shape index (κ3) is 2.92. The van der Waals surface area contributed by atoms with Crippen LogP contribution in [0.15, 0.2) is 33.4 Å². The van der Waals surface area contributed by atoms with Crippen molar-refractivity contribution in [2.75, 3.05) is 5.32 Å². The topological polar surface area (TPSA) is 12.0 Å². The van der Waals surface area contributed by atoms with Crippen LogP contribution in [0, 0.1) is 0 Å². The van der Waals surface area contributed by atoms with Crippen LogP contribution in [0.5, 0.6) is 0 Å². The molecule has 0 aliphatic heterocycles. The zero-order valence-corrected chi connectivity index (χ0v) is 12.1. The van der Waals surface area contributed by atoms with Gasteiger partial charge in [-0.2, -0.15) is 0 Å². The van der Waals surface area contributed by atoms with Gasteiger partial charge in [0.2, 0.25) is 0 Å². The van der Waals surface area contributed by atoms with Crippen LogP contribution in [-0.4, -0.2) is 0 Å². The molecule has 5 heteroatoms. The van der Waals surface area contributed by atoms with Crippen molar-refractivity contribution in [3.63, 3.8) is 0 Å². The molecular weight excluding hydrogens is 329 g/mol. The fourth-order valence-corrected chi connectivity index (χ4v) is 3.04. The Morgan fingerprint density at radius 2 is 1.94 bits per heavy atom. The van der Waals surface area contributed by atoms with Crippen molar-refractivity contribution in [1.82, 2.24) is 0 Å². The third-order valence-corrected chi connectivity index (χ3v) is 4.24. The third-order valence-electron chi connectivity index (χ3n) is 2.05. The average molecular weight is 337 g/mol. The Bertz CT molecular complexity index is 478. The maximum absolute atomic E-state index is 6.05. The zero-order chi connectivity index (χ0) is 11.5. The van der Waals surface area contributed by atoms with E-state index in [1.54, 1.807) is 11.3 Å². The van der Waals surface area contributed by atoms with Gasteiger partial charge in [-0.05, 0) is 45.1 Å². The Labute approximate surface area is 117 Å². The first-order valence-corrected chi connectivity index (χ1v) is 7.00. The SMILES string of the molecule is Clc1cccc(Cl)c1NCc1csc(Br)c1. The van der Waals surface area contributed by atoms with Crippen molar-refractivity contribution in [3.8, 4) is 0 Å². The van der Waals surface area contributed by atoms with Gasteiger partial charge in [0.1, 0.15) is 0 Å². The Kier molecular flexibility index (Phi) is 4.14. The maximum Gasteiger partial charge on any atom is 0.0721 e. The van der Waals surface area contributed by atoms with Gasteiger partial charge < -0.3 is 5.32 Å². The summed E-state index contributed by atoms with van der Waals surface area (Å²) in [6.07, 6.45) is 0. The molecule has 1 nitrogen and oxygen atoms in total. The predicted molar refractivity (Wildman–Crippen MR) is 75.8 cm³/mol. The number of thiophene rings is 1. The molecule has 0 radical (unpaired) electrons. The fourth-order valence-electron chi connectivity index (χ4n) is 1.30. The van der Waals surface area contributed by atoms with Crippen LogP contribution in [0.3, 0.4) is 0 Å². The molecule has 16 heavy (non-hydrogen) atoms. The molecule has 0 unspecified atom stereocenters. The Morgan fingerprint density at radius 3 is 2.50 bits per heavy atom. The highest BCUT2D eigenvalue weighted by Crippen LogP contribution is 2.30. The van der Waals surface area contributed by atoms with Gasteiger partial charge in [0.25, 0.3) is 0 Å². The summed E-state index contributed by atoms with van der Waals surface area (Å²) in [5, 5.41) is 6.60. The van der Waals surface area contributed by atoms with Gasteiger partial charge in [-0.1, -0.05) is 29.3 Å². The van der Waals surface area contributed by atoms with Crippen LogP contribution in [-0.2, 0) is 6.54 Å². The van der Waals surface area contributed by atoms with Gasteiger partial charge >= 0.3 is 0 Å². The van der Waals surface area contributed by atoms with Crippen molar-refractivity contribution >= 4 is 56.2 Å². The number of benzene rings is 1. The smallest absolute Gasteiger partial charge is 0.0721 e. The van der Waals surface area contributed by atoms with Crippen LogP contribution in [0.25, 0.3) is 0 Å². The average Bonchev–Trinajstić information content (AvgIpc) is 2.63. The predicted octanol–water partition coefficient (Wildman–Crippen LogP) is 5.43. The second-order valence-electron chi connectivity index (χ2n) is 3.21. The van der Waals surface area contributed by atoms with Crippen molar-refractivity contribution in [3.05, 3.63) is 49.0 Å². The van der Waals surface area contributed by atoms with Crippen LogP contribution < -0.4 is 5.32 Å². The van der Waals surface area contributed by atoms with E-state index in [0.29, 0.717) is 16.6 Å².